The summed E-state index contributed by atoms with van der Waals surface area (Å²) in [5.41, 5.74) is 9.11. The first-order chi connectivity index (χ1) is 9.72. The fourth-order valence-electron chi connectivity index (χ4n) is 2.68. The minimum absolute atomic E-state index is 0.00361. The van der Waals surface area contributed by atoms with Crippen molar-refractivity contribution in [2.45, 2.75) is 13.0 Å². The highest BCUT2D eigenvalue weighted by Gasteiger charge is 2.19. The zero-order chi connectivity index (χ0) is 14.1. The lowest BCUT2D eigenvalue weighted by Crippen LogP contribution is -2.21. The zero-order valence-electron chi connectivity index (χ0n) is 11.3. The molecule has 3 rings (SSSR count). The Labute approximate surface area is 123 Å². The van der Waals surface area contributed by atoms with Crippen LogP contribution in [0.1, 0.15) is 17.4 Å². The Morgan fingerprint density at radius 2 is 1.85 bits per heavy atom. The van der Waals surface area contributed by atoms with Gasteiger partial charge < -0.3 is 10.3 Å². The minimum atomic E-state index is -0.00361. The maximum atomic E-state index is 6.33. The van der Waals surface area contributed by atoms with Gasteiger partial charge in [0.2, 0.25) is 0 Å². The molecule has 102 valence electrons. The number of imidazole rings is 1. The zero-order valence-corrected chi connectivity index (χ0v) is 12.0. The fraction of sp³-hybridized carbons (Fsp3) is 0.188. The van der Waals surface area contributed by atoms with E-state index in [1.54, 1.807) is 0 Å². The van der Waals surface area contributed by atoms with Crippen molar-refractivity contribution in [3.8, 4) is 0 Å². The second kappa shape index (κ2) is 5.27. The third-order valence-electron chi connectivity index (χ3n) is 3.57. The first kappa shape index (κ1) is 13.2. The SMILES string of the molecule is Cc1nc2ccccc2n1C(CN)c1ccccc1Cl. The molecule has 1 heterocycles. The van der Waals surface area contributed by atoms with Crippen LogP contribution in [-0.2, 0) is 0 Å². The fourth-order valence-corrected chi connectivity index (χ4v) is 2.94. The molecule has 0 saturated heterocycles. The maximum absolute atomic E-state index is 6.33. The number of fused-ring (bicyclic) bond motifs is 1. The molecule has 0 fully saturated rings. The van der Waals surface area contributed by atoms with Gasteiger partial charge in [0, 0.05) is 11.6 Å². The van der Waals surface area contributed by atoms with Gasteiger partial charge in [0.05, 0.1) is 17.1 Å². The molecule has 2 aromatic carbocycles. The number of hydrogen-bond acceptors (Lipinski definition) is 2. The molecule has 2 N–H and O–H groups in total. The minimum Gasteiger partial charge on any atom is -0.328 e. The largest absolute Gasteiger partial charge is 0.328 e. The standard InChI is InChI=1S/C16H16ClN3/c1-11-19-14-8-4-5-9-15(14)20(11)16(10-18)12-6-2-3-7-13(12)17/h2-9,16H,10,18H2,1H3. The normalized spacial score (nSPS) is 12.8. The van der Waals surface area contributed by atoms with Gasteiger partial charge in [0.25, 0.3) is 0 Å². The molecule has 1 atom stereocenters. The van der Waals surface area contributed by atoms with E-state index in [1.807, 2.05) is 49.4 Å². The van der Waals surface area contributed by atoms with Crippen LogP contribution in [0.25, 0.3) is 11.0 Å². The van der Waals surface area contributed by atoms with Crippen molar-refractivity contribution in [3.05, 3.63) is 64.9 Å². The summed E-state index contributed by atoms with van der Waals surface area (Å²) in [4.78, 5) is 4.60. The first-order valence-corrected chi connectivity index (χ1v) is 6.98. The van der Waals surface area contributed by atoms with Crippen LogP contribution in [0.2, 0.25) is 5.02 Å². The van der Waals surface area contributed by atoms with Gasteiger partial charge in [-0.1, -0.05) is 41.9 Å². The number of para-hydroxylation sites is 2. The van der Waals surface area contributed by atoms with Crippen LogP contribution in [0, 0.1) is 6.92 Å². The van der Waals surface area contributed by atoms with E-state index in [0.717, 1.165) is 27.4 Å². The van der Waals surface area contributed by atoms with Crippen molar-refractivity contribution in [2.75, 3.05) is 6.54 Å². The van der Waals surface area contributed by atoms with Gasteiger partial charge in [-0.2, -0.15) is 0 Å². The van der Waals surface area contributed by atoms with Crippen LogP contribution >= 0.6 is 11.6 Å². The van der Waals surface area contributed by atoms with Crippen LogP contribution in [0.15, 0.2) is 48.5 Å². The number of benzene rings is 2. The van der Waals surface area contributed by atoms with Crippen molar-refractivity contribution >= 4 is 22.6 Å². The molecule has 0 radical (unpaired) electrons. The Bertz CT molecular complexity index is 748. The van der Waals surface area contributed by atoms with E-state index in [0.29, 0.717) is 6.54 Å². The van der Waals surface area contributed by atoms with E-state index in [2.05, 4.69) is 15.6 Å². The van der Waals surface area contributed by atoms with E-state index in [4.69, 9.17) is 17.3 Å². The second-order valence-corrected chi connectivity index (χ2v) is 5.20. The molecule has 1 aromatic heterocycles. The quantitative estimate of drug-likeness (QED) is 0.800. The highest BCUT2D eigenvalue weighted by molar-refractivity contribution is 6.31. The Morgan fingerprint density at radius 1 is 1.15 bits per heavy atom. The first-order valence-electron chi connectivity index (χ1n) is 6.60. The predicted octanol–water partition coefficient (Wildman–Crippen LogP) is 3.55. The average molecular weight is 286 g/mol. The molecule has 3 nitrogen and oxygen atoms in total. The van der Waals surface area contributed by atoms with Crippen molar-refractivity contribution in [1.29, 1.82) is 0 Å². The van der Waals surface area contributed by atoms with E-state index in [-0.39, 0.29) is 6.04 Å². The molecule has 1 unspecified atom stereocenters. The molecular weight excluding hydrogens is 270 g/mol. The number of halogens is 1. The highest BCUT2D eigenvalue weighted by atomic mass is 35.5. The molecular formula is C16H16ClN3. The average Bonchev–Trinajstić information content (AvgIpc) is 2.78. The maximum Gasteiger partial charge on any atom is 0.107 e. The van der Waals surface area contributed by atoms with Gasteiger partial charge in [0.15, 0.2) is 0 Å². The third kappa shape index (κ3) is 2.09. The molecule has 0 aliphatic heterocycles. The second-order valence-electron chi connectivity index (χ2n) is 4.79. The molecule has 0 amide bonds. The van der Waals surface area contributed by atoms with Crippen molar-refractivity contribution in [3.63, 3.8) is 0 Å². The van der Waals surface area contributed by atoms with Gasteiger partial charge in [-0.15, -0.1) is 0 Å². The Kier molecular flexibility index (Phi) is 3.47. The van der Waals surface area contributed by atoms with E-state index < -0.39 is 0 Å². The smallest absolute Gasteiger partial charge is 0.107 e. The van der Waals surface area contributed by atoms with E-state index in [9.17, 15) is 0 Å². The van der Waals surface area contributed by atoms with E-state index in [1.165, 1.54) is 0 Å². The molecule has 20 heavy (non-hydrogen) atoms. The Balaban J connectivity index is 2.22. The predicted molar refractivity (Wildman–Crippen MR) is 83.1 cm³/mol. The van der Waals surface area contributed by atoms with Crippen LogP contribution in [0.3, 0.4) is 0 Å². The molecule has 0 aliphatic carbocycles. The summed E-state index contributed by atoms with van der Waals surface area (Å²) in [6.45, 7) is 2.48. The Morgan fingerprint density at radius 3 is 2.60 bits per heavy atom. The highest BCUT2D eigenvalue weighted by Crippen LogP contribution is 2.29. The van der Waals surface area contributed by atoms with Gasteiger partial charge >= 0.3 is 0 Å². The van der Waals surface area contributed by atoms with Crippen molar-refractivity contribution in [2.24, 2.45) is 5.73 Å². The summed E-state index contributed by atoms with van der Waals surface area (Å²) in [6, 6.07) is 15.9. The number of hydrogen-bond donors (Lipinski definition) is 1. The van der Waals surface area contributed by atoms with Crippen LogP contribution in [-0.4, -0.2) is 16.1 Å². The van der Waals surface area contributed by atoms with Gasteiger partial charge in [0.1, 0.15) is 5.82 Å². The van der Waals surface area contributed by atoms with Gasteiger partial charge in [-0.3, -0.25) is 0 Å². The van der Waals surface area contributed by atoms with Crippen molar-refractivity contribution < 1.29 is 0 Å². The summed E-state index contributed by atoms with van der Waals surface area (Å²) in [6.07, 6.45) is 0. The molecule has 0 saturated carbocycles. The summed E-state index contributed by atoms with van der Waals surface area (Å²) >= 11 is 6.33. The van der Waals surface area contributed by atoms with Crippen LogP contribution in [0.5, 0.6) is 0 Å². The van der Waals surface area contributed by atoms with Crippen molar-refractivity contribution in [1.82, 2.24) is 9.55 Å². The summed E-state index contributed by atoms with van der Waals surface area (Å²) in [7, 11) is 0. The number of nitrogens with two attached hydrogens (primary N) is 1. The molecule has 0 spiro atoms. The van der Waals surface area contributed by atoms with Gasteiger partial charge in [-0.25, -0.2) is 4.98 Å². The summed E-state index contributed by atoms with van der Waals surface area (Å²) in [5, 5.41) is 0.736. The lowest BCUT2D eigenvalue weighted by Gasteiger charge is -2.21. The third-order valence-corrected chi connectivity index (χ3v) is 3.92. The number of rotatable bonds is 3. The lowest BCUT2D eigenvalue weighted by molar-refractivity contribution is 0.594. The van der Waals surface area contributed by atoms with Crippen LogP contribution in [0.4, 0.5) is 0 Å². The van der Waals surface area contributed by atoms with Gasteiger partial charge in [-0.05, 0) is 30.7 Å². The Hall–Kier alpha value is -1.84. The lowest BCUT2D eigenvalue weighted by atomic mass is 10.1. The number of aryl methyl sites for hydroxylation is 1. The molecule has 0 bridgehead atoms. The molecule has 0 aliphatic rings. The topological polar surface area (TPSA) is 43.8 Å². The number of aromatic nitrogens is 2. The number of nitrogens with zero attached hydrogens (tertiary/aromatic N) is 2. The van der Waals surface area contributed by atoms with E-state index >= 15 is 0 Å². The van der Waals surface area contributed by atoms with Crippen LogP contribution < -0.4 is 5.73 Å². The summed E-state index contributed by atoms with van der Waals surface area (Å²) < 4.78 is 2.16. The molecule has 3 aromatic rings. The molecule has 4 heteroatoms. The monoisotopic (exact) mass is 285 g/mol. The summed E-state index contributed by atoms with van der Waals surface area (Å²) in [5.74, 6) is 0.946.